The van der Waals surface area contributed by atoms with Gasteiger partial charge in [-0.3, -0.25) is 9.48 Å². The van der Waals surface area contributed by atoms with E-state index in [1.807, 2.05) is 26.1 Å². The normalized spacial score (nSPS) is 20.4. The Morgan fingerprint density at radius 1 is 1.36 bits per heavy atom. The molecule has 1 saturated heterocycles. The van der Waals surface area contributed by atoms with E-state index in [2.05, 4.69) is 20.4 Å². The van der Waals surface area contributed by atoms with Gasteiger partial charge in [0.1, 0.15) is 5.60 Å². The molecule has 3 rings (SSSR count). The average molecular weight is 343 g/mol. The van der Waals surface area contributed by atoms with E-state index in [1.54, 1.807) is 17.1 Å². The van der Waals surface area contributed by atoms with Gasteiger partial charge in [0.25, 0.3) is 0 Å². The summed E-state index contributed by atoms with van der Waals surface area (Å²) in [6.07, 6.45) is 8.97. The first kappa shape index (κ1) is 17.5. The molecule has 0 spiro atoms. The molecule has 134 valence electrons. The fourth-order valence-electron chi connectivity index (χ4n) is 2.92. The molecule has 2 aromatic rings. The highest BCUT2D eigenvalue weighted by molar-refractivity contribution is 5.75. The van der Waals surface area contributed by atoms with Crippen LogP contribution in [0.25, 0.3) is 0 Å². The number of carbonyl (C=O) groups is 1. The molecule has 1 aliphatic heterocycles. The zero-order chi connectivity index (χ0) is 17.7. The van der Waals surface area contributed by atoms with Crippen LogP contribution in [0.1, 0.15) is 49.7 Å². The monoisotopic (exact) mass is 343 g/mol. The Bertz CT molecular complexity index is 705. The number of carbonyl (C=O) groups excluding carboxylic acids is 1. The standard InChI is InChI=1S/C18H25N5O2/c1-14-5-8-23(22-14)9-6-16(24)19-11-15-12-20-17(21-13-15)18(2)7-3-4-10-25-18/h5,8,12-13H,3-4,6-7,9-11H2,1-2H3,(H,19,24). The fraction of sp³-hybridized carbons (Fsp3) is 0.556. The van der Waals surface area contributed by atoms with Gasteiger partial charge in [-0.1, -0.05) is 0 Å². The quantitative estimate of drug-likeness (QED) is 0.868. The summed E-state index contributed by atoms with van der Waals surface area (Å²) in [6, 6.07) is 1.92. The van der Waals surface area contributed by atoms with E-state index in [0.717, 1.165) is 43.0 Å². The summed E-state index contributed by atoms with van der Waals surface area (Å²) < 4.78 is 7.64. The highest BCUT2D eigenvalue weighted by Gasteiger charge is 2.32. The van der Waals surface area contributed by atoms with Crippen LogP contribution < -0.4 is 5.32 Å². The summed E-state index contributed by atoms with van der Waals surface area (Å²) in [7, 11) is 0. The third-order valence-corrected chi connectivity index (χ3v) is 4.48. The number of hydrogen-bond acceptors (Lipinski definition) is 5. The van der Waals surface area contributed by atoms with E-state index in [4.69, 9.17) is 4.74 Å². The second-order valence-corrected chi connectivity index (χ2v) is 6.70. The molecular formula is C18H25N5O2. The minimum atomic E-state index is -0.387. The van der Waals surface area contributed by atoms with Crippen molar-refractivity contribution >= 4 is 5.91 Å². The molecule has 0 radical (unpaired) electrons. The first-order valence-electron chi connectivity index (χ1n) is 8.77. The lowest BCUT2D eigenvalue weighted by molar-refractivity contribution is -0.121. The van der Waals surface area contributed by atoms with Gasteiger partial charge in [0, 0.05) is 50.3 Å². The number of rotatable bonds is 6. The molecule has 1 unspecified atom stereocenters. The van der Waals surface area contributed by atoms with Crippen molar-refractivity contribution in [2.75, 3.05) is 6.61 Å². The van der Waals surface area contributed by atoms with E-state index in [1.165, 1.54) is 0 Å². The molecule has 1 fully saturated rings. The topological polar surface area (TPSA) is 81.9 Å². The van der Waals surface area contributed by atoms with Gasteiger partial charge < -0.3 is 10.1 Å². The molecule has 2 aromatic heterocycles. The molecule has 1 amide bonds. The molecule has 0 aromatic carbocycles. The summed E-state index contributed by atoms with van der Waals surface area (Å²) in [5.41, 5.74) is 1.45. The van der Waals surface area contributed by atoms with Crippen LogP contribution in [0.3, 0.4) is 0 Å². The maximum Gasteiger partial charge on any atom is 0.222 e. The third-order valence-electron chi connectivity index (χ3n) is 4.48. The van der Waals surface area contributed by atoms with Crippen molar-refractivity contribution < 1.29 is 9.53 Å². The Morgan fingerprint density at radius 2 is 2.16 bits per heavy atom. The molecule has 0 saturated carbocycles. The molecule has 0 bridgehead atoms. The first-order chi connectivity index (χ1) is 12.0. The zero-order valence-electron chi connectivity index (χ0n) is 14.9. The number of nitrogens with one attached hydrogen (secondary N) is 1. The Morgan fingerprint density at radius 3 is 2.80 bits per heavy atom. The van der Waals surface area contributed by atoms with Gasteiger partial charge in [0.15, 0.2) is 5.82 Å². The van der Waals surface area contributed by atoms with E-state index < -0.39 is 0 Å². The van der Waals surface area contributed by atoms with Crippen LogP contribution in [0.5, 0.6) is 0 Å². The summed E-state index contributed by atoms with van der Waals surface area (Å²) >= 11 is 0. The van der Waals surface area contributed by atoms with Crippen LogP contribution in [0.2, 0.25) is 0 Å². The van der Waals surface area contributed by atoms with Crippen molar-refractivity contribution in [3.8, 4) is 0 Å². The van der Waals surface area contributed by atoms with E-state index in [0.29, 0.717) is 19.5 Å². The predicted octanol–water partition coefficient (Wildman–Crippen LogP) is 2.10. The fourth-order valence-corrected chi connectivity index (χ4v) is 2.92. The number of aryl methyl sites for hydroxylation is 2. The van der Waals surface area contributed by atoms with Gasteiger partial charge in [0.2, 0.25) is 5.91 Å². The highest BCUT2D eigenvalue weighted by Crippen LogP contribution is 2.32. The Kier molecular flexibility index (Phi) is 5.43. The molecular weight excluding hydrogens is 318 g/mol. The van der Waals surface area contributed by atoms with E-state index in [-0.39, 0.29) is 11.5 Å². The predicted molar refractivity (Wildman–Crippen MR) is 92.6 cm³/mol. The smallest absolute Gasteiger partial charge is 0.222 e. The van der Waals surface area contributed by atoms with Gasteiger partial charge >= 0.3 is 0 Å². The molecule has 7 nitrogen and oxygen atoms in total. The summed E-state index contributed by atoms with van der Waals surface area (Å²) in [5, 5.41) is 7.16. The first-order valence-corrected chi connectivity index (χ1v) is 8.77. The average Bonchev–Trinajstić information content (AvgIpc) is 3.04. The summed E-state index contributed by atoms with van der Waals surface area (Å²) in [6.45, 7) is 5.73. The van der Waals surface area contributed by atoms with E-state index in [9.17, 15) is 4.79 Å². The number of hydrogen-bond donors (Lipinski definition) is 1. The van der Waals surface area contributed by atoms with Crippen molar-refractivity contribution in [2.45, 2.75) is 58.2 Å². The van der Waals surface area contributed by atoms with Gasteiger partial charge in [-0.25, -0.2) is 9.97 Å². The second-order valence-electron chi connectivity index (χ2n) is 6.70. The van der Waals surface area contributed by atoms with Gasteiger partial charge in [-0.2, -0.15) is 5.10 Å². The Labute approximate surface area is 147 Å². The van der Waals surface area contributed by atoms with Gasteiger partial charge in [-0.15, -0.1) is 0 Å². The Hall–Kier alpha value is -2.28. The van der Waals surface area contributed by atoms with Crippen LogP contribution in [-0.2, 0) is 28.2 Å². The van der Waals surface area contributed by atoms with Crippen LogP contribution in [-0.4, -0.2) is 32.3 Å². The number of nitrogens with zero attached hydrogens (tertiary/aromatic N) is 4. The molecule has 1 aliphatic rings. The van der Waals surface area contributed by atoms with Crippen LogP contribution in [0.4, 0.5) is 0 Å². The number of amides is 1. The van der Waals surface area contributed by atoms with Crippen LogP contribution in [0.15, 0.2) is 24.7 Å². The summed E-state index contributed by atoms with van der Waals surface area (Å²) in [4.78, 5) is 20.8. The van der Waals surface area contributed by atoms with Gasteiger partial charge in [0.05, 0.1) is 5.69 Å². The van der Waals surface area contributed by atoms with Crippen molar-refractivity contribution in [1.82, 2.24) is 25.1 Å². The summed E-state index contributed by atoms with van der Waals surface area (Å²) in [5.74, 6) is 0.705. The maximum atomic E-state index is 11.9. The van der Waals surface area contributed by atoms with Crippen LogP contribution >= 0.6 is 0 Å². The highest BCUT2D eigenvalue weighted by atomic mass is 16.5. The zero-order valence-corrected chi connectivity index (χ0v) is 14.9. The molecule has 0 aliphatic carbocycles. The largest absolute Gasteiger partial charge is 0.367 e. The minimum absolute atomic E-state index is 0.0141. The van der Waals surface area contributed by atoms with Crippen molar-refractivity contribution in [1.29, 1.82) is 0 Å². The maximum absolute atomic E-state index is 11.9. The lowest BCUT2D eigenvalue weighted by atomic mass is 9.95. The molecule has 7 heteroatoms. The molecule has 1 atom stereocenters. The Balaban J connectivity index is 1.47. The second kappa shape index (κ2) is 7.74. The third kappa shape index (κ3) is 4.63. The molecule has 3 heterocycles. The lowest BCUT2D eigenvalue weighted by Crippen LogP contribution is -2.32. The van der Waals surface area contributed by atoms with Crippen molar-refractivity contribution in [2.24, 2.45) is 0 Å². The van der Waals surface area contributed by atoms with Crippen molar-refractivity contribution in [3.05, 3.63) is 41.7 Å². The lowest BCUT2D eigenvalue weighted by Gasteiger charge is -2.32. The number of ether oxygens (including phenoxy) is 1. The van der Waals surface area contributed by atoms with Crippen LogP contribution in [0, 0.1) is 6.92 Å². The van der Waals surface area contributed by atoms with E-state index >= 15 is 0 Å². The van der Waals surface area contributed by atoms with Gasteiger partial charge in [-0.05, 0) is 39.2 Å². The minimum Gasteiger partial charge on any atom is -0.367 e. The molecule has 1 N–H and O–H groups in total. The SMILES string of the molecule is Cc1ccn(CCC(=O)NCc2cnc(C3(C)CCCCO3)nc2)n1. The van der Waals surface area contributed by atoms with Crippen molar-refractivity contribution in [3.63, 3.8) is 0 Å². The number of aromatic nitrogens is 4. The molecule has 25 heavy (non-hydrogen) atoms.